The van der Waals surface area contributed by atoms with E-state index < -0.39 is 5.91 Å². The summed E-state index contributed by atoms with van der Waals surface area (Å²) in [6.07, 6.45) is 1.66. The van der Waals surface area contributed by atoms with Crippen molar-refractivity contribution in [2.24, 2.45) is 5.73 Å². The van der Waals surface area contributed by atoms with Crippen LogP contribution in [0.4, 0.5) is 0 Å². The number of aliphatic hydroxyl groups excluding tert-OH is 1. The standard InChI is InChI=1S/C19H20N2O3/c20-18(23)15-9-4-10-16(17(15)13-6-2-1-3-7-13)19(24)21-11-5-8-14(21)12-22/h1-4,6-7,9-10,14,22H,5,8,11-12H2,(H2,20,23). The summed E-state index contributed by atoms with van der Waals surface area (Å²) in [6, 6.07) is 14.1. The van der Waals surface area contributed by atoms with E-state index >= 15 is 0 Å². The predicted molar refractivity (Wildman–Crippen MR) is 91.5 cm³/mol. The van der Waals surface area contributed by atoms with Gasteiger partial charge in [-0.15, -0.1) is 0 Å². The van der Waals surface area contributed by atoms with E-state index in [1.54, 1.807) is 23.1 Å². The van der Waals surface area contributed by atoms with Gasteiger partial charge in [0, 0.05) is 23.2 Å². The summed E-state index contributed by atoms with van der Waals surface area (Å²) in [7, 11) is 0. The van der Waals surface area contributed by atoms with Crippen molar-refractivity contribution in [2.45, 2.75) is 18.9 Å². The molecule has 1 aliphatic heterocycles. The number of carbonyl (C=O) groups excluding carboxylic acids is 2. The summed E-state index contributed by atoms with van der Waals surface area (Å²) < 4.78 is 0. The molecule has 1 saturated heterocycles. The molecule has 1 unspecified atom stereocenters. The van der Waals surface area contributed by atoms with Crippen LogP contribution in [0.3, 0.4) is 0 Å². The molecule has 1 heterocycles. The summed E-state index contributed by atoms with van der Waals surface area (Å²) in [6.45, 7) is 0.557. The van der Waals surface area contributed by atoms with Gasteiger partial charge in [0.2, 0.25) is 5.91 Å². The highest BCUT2D eigenvalue weighted by atomic mass is 16.3. The van der Waals surface area contributed by atoms with E-state index in [1.807, 2.05) is 30.3 Å². The van der Waals surface area contributed by atoms with Gasteiger partial charge in [0.1, 0.15) is 0 Å². The molecule has 0 bridgehead atoms. The Morgan fingerprint density at radius 3 is 2.46 bits per heavy atom. The van der Waals surface area contributed by atoms with Crippen molar-refractivity contribution in [3.05, 3.63) is 59.7 Å². The highest BCUT2D eigenvalue weighted by Gasteiger charge is 2.31. The lowest BCUT2D eigenvalue weighted by atomic mass is 9.93. The van der Waals surface area contributed by atoms with Crippen molar-refractivity contribution >= 4 is 11.8 Å². The van der Waals surface area contributed by atoms with E-state index in [4.69, 9.17) is 5.73 Å². The summed E-state index contributed by atoms with van der Waals surface area (Å²) in [5, 5.41) is 9.49. The average molecular weight is 324 g/mol. The van der Waals surface area contributed by atoms with Gasteiger partial charge < -0.3 is 15.7 Å². The Labute approximate surface area is 140 Å². The van der Waals surface area contributed by atoms with Gasteiger partial charge in [-0.1, -0.05) is 36.4 Å². The first-order valence-corrected chi connectivity index (χ1v) is 8.03. The number of amides is 2. The number of carbonyl (C=O) groups is 2. The van der Waals surface area contributed by atoms with E-state index in [2.05, 4.69) is 0 Å². The second kappa shape index (κ2) is 6.84. The molecule has 2 amide bonds. The Morgan fingerprint density at radius 1 is 1.08 bits per heavy atom. The Bertz CT molecular complexity index is 758. The second-order valence-corrected chi connectivity index (χ2v) is 5.94. The van der Waals surface area contributed by atoms with E-state index in [0.29, 0.717) is 23.2 Å². The van der Waals surface area contributed by atoms with Crippen molar-refractivity contribution in [1.82, 2.24) is 4.90 Å². The Balaban J connectivity index is 2.13. The fourth-order valence-electron chi connectivity index (χ4n) is 3.30. The first-order valence-electron chi connectivity index (χ1n) is 8.03. The van der Waals surface area contributed by atoms with Gasteiger partial charge in [-0.2, -0.15) is 0 Å². The number of benzene rings is 2. The number of nitrogens with two attached hydrogens (primary N) is 1. The molecular formula is C19H20N2O3. The molecule has 3 rings (SSSR count). The summed E-state index contributed by atoms with van der Waals surface area (Å²) in [5.41, 5.74) is 7.62. The molecule has 1 fully saturated rings. The largest absolute Gasteiger partial charge is 0.394 e. The van der Waals surface area contributed by atoms with Crippen LogP contribution in [0.15, 0.2) is 48.5 Å². The molecule has 5 heteroatoms. The molecule has 2 aromatic carbocycles. The SMILES string of the molecule is NC(=O)c1cccc(C(=O)N2CCCC2CO)c1-c1ccccc1. The Morgan fingerprint density at radius 2 is 1.79 bits per heavy atom. The lowest BCUT2D eigenvalue weighted by Crippen LogP contribution is -2.38. The van der Waals surface area contributed by atoms with Gasteiger partial charge in [0.15, 0.2) is 0 Å². The molecule has 0 spiro atoms. The number of hydrogen-bond donors (Lipinski definition) is 2. The number of aliphatic hydroxyl groups is 1. The normalized spacial score (nSPS) is 17.0. The first-order chi connectivity index (χ1) is 11.6. The topological polar surface area (TPSA) is 83.6 Å². The zero-order chi connectivity index (χ0) is 17.1. The van der Waals surface area contributed by atoms with Gasteiger partial charge in [0.05, 0.1) is 12.6 Å². The lowest BCUT2D eigenvalue weighted by Gasteiger charge is -2.25. The summed E-state index contributed by atoms with van der Waals surface area (Å²) >= 11 is 0. The molecule has 24 heavy (non-hydrogen) atoms. The molecule has 2 aromatic rings. The minimum atomic E-state index is -0.566. The number of nitrogens with zero attached hydrogens (tertiary/aromatic N) is 1. The minimum Gasteiger partial charge on any atom is -0.394 e. The van der Waals surface area contributed by atoms with E-state index in [-0.39, 0.29) is 18.6 Å². The van der Waals surface area contributed by atoms with Gasteiger partial charge >= 0.3 is 0 Å². The average Bonchev–Trinajstić information content (AvgIpc) is 3.09. The molecule has 5 nitrogen and oxygen atoms in total. The second-order valence-electron chi connectivity index (χ2n) is 5.94. The van der Waals surface area contributed by atoms with E-state index in [1.165, 1.54) is 0 Å². The van der Waals surface area contributed by atoms with Crippen LogP contribution in [-0.4, -0.2) is 41.0 Å². The third-order valence-corrected chi connectivity index (χ3v) is 4.47. The molecule has 1 aliphatic rings. The maximum absolute atomic E-state index is 13.0. The summed E-state index contributed by atoms with van der Waals surface area (Å²) in [4.78, 5) is 26.6. The fourth-order valence-corrected chi connectivity index (χ4v) is 3.30. The van der Waals surface area contributed by atoms with Gasteiger partial charge in [-0.05, 0) is 30.5 Å². The van der Waals surface area contributed by atoms with E-state index in [0.717, 1.165) is 18.4 Å². The monoisotopic (exact) mass is 324 g/mol. The number of hydrogen-bond acceptors (Lipinski definition) is 3. The molecule has 1 atom stereocenters. The van der Waals surface area contributed by atoms with Crippen molar-refractivity contribution in [3.63, 3.8) is 0 Å². The quantitative estimate of drug-likeness (QED) is 0.903. The Hall–Kier alpha value is -2.66. The van der Waals surface area contributed by atoms with E-state index in [9.17, 15) is 14.7 Å². The third kappa shape index (κ3) is 2.90. The maximum Gasteiger partial charge on any atom is 0.254 e. The van der Waals surface area contributed by atoms with Crippen molar-refractivity contribution in [2.75, 3.05) is 13.2 Å². The minimum absolute atomic E-state index is 0.0537. The van der Waals surface area contributed by atoms with Crippen LogP contribution >= 0.6 is 0 Å². The predicted octanol–water partition coefficient (Wildman–Crippen LogP) is 2.05. The zero-order valence-corrected chi connectivity index (χ0v) is 13.3. The maximum atomic E-state index is 13.0. The van der Waals surface area contributed by atoms with Crippen molar-refractivity contribution < 1.29 is 14.7 Å². The molecule has 3 N–H and O–H groups in total. The van der Waals surface area contributed by atoms with Gasteiger partial charge in [0.25, 0.3) is 5.91 Å². The number of primary amides is 1. The van der Waals surface area contributed by atoms with Crippen LogP contribution in [0.5, 0.6) is 0 Å². The smallest absolute Gasteiger partial charge is 0.254 e. The molecular weight excluding hydrogens is 304 g/mol. The summed E-state index contributed by atoms with van der Waals surface area (Å²) in [5.74, 6) is -0.739. The molecule has 0 radical (unpaired) electrons. The van der Waals surface area contributed by atoms with Crippen LogP contribution in [0, 0.1) is 0 Å². The van der Waals surface area contributed by atoms with Crippen molar-refractivity contribution in [1.29, 1.82) is 0 Å². The van der Waals surface area contributed by atoms with Crippen LogP contribution in [0.1, 0.15) is 33.6 Å². The van der Waals surface area contributed by atoms with Crippen molar-refractivity contribution in [3.8, 4) is 11.1 Å². The van der Waals surface area contributed by atoms with Crippen LogP contribution in [0.25, 0.3) is 11.1 Å². The first kappa shape index (κ1) is 16.2. The van der Waals surface area contributed by atoms with Crippen LogP contribution in [-0.2, 0) is 0 Å². The molecule has 0 saturated carbocycles. The highest BCUT2D eigenvalue weighted by Crippen LogP contribution is 2.30. The number of rotatable bonds is 4. The molecule has 0 aromatic heterocycles. The third-order valence-electron chi connectivity index (χ3n) is 4.47. The molecule has 0 aliphatic carbocycles. The lowest BCUT2D eigenvalue weighted by molar-refractivity contribution is 0.0678. The van der Waals surface area contributed by atoms with Gasteiger partial charge in [-0.25, -0.2) is 0 Å². The number of likely N-dealkylation sites (tertiary alicyclic amines) is 1. The van der Waals surface area contributed by atoms with Crippen LogP contribution < -0.4 is 5.73 Å². The fraction of sp³-hybridized carbons (Fsp3) is 0.263. The zero-order valence-electron chi connectivity index (χ0n) is 13.3. The Kier molecular flexibility index (Phi) is 4.62. The van der Waals surface area contributed by atoms with Crippen LogP contribution in [0.2, 0.25) is 0 Å². The van der Waals surface area contributed by atoms with Gasteiger partial charge in [-0.3, -0.25) is 9.59 Å². The molecule has 124 valence electrons. The highest BCUT2D eigenvalue weighted by molar-refractivity contribution is 6.08.